The Bertz CT molecular complexity index is 513. The Hall–Kier alpha value is -2.04. The van der Waals surface area contributed by atoms with E-state index in [2.05, 4.69) is 5.32 Å². The first-order valence-electron chi connectivity index (χ1n) is 6.39. The van der Waals surface area contributed by atoms with E-state index in [1.807, 2.05) is 13.0 Å². The molecule has 4 N–H and O–H groups in total. The lowest BCUT2D eigenvalue weighted by Crippen LogP contribution is -2.29. The van der Waals surface area contributed by atoms with Crippen LogP contribution < -0.4 is 11.1 Å². The lowest BCUT2D eigenvalue weighted by atomic mass is 10.0. The van der Waals surface area contributed by atoms with Gasteiger partial charge in [0, 0.05) is 17.3 Å². The summed E-state index contributed by atoms with van der Waals surface area (Å²) in [6, 6.07) is 5.23. The Kier molecular flexibility index (Phi) is 3.74. The molecule has 0 heterocycles. The number of aryl methyl sites for hydroxylation is 1. The molecule has 2 unspecified atom stereocenters. The molecule has 0 saturated heterocycles. The molecule has 102 valence electrons. The Morgan fingerprint density at radius 3 is 2.68 bits per heavy atom. The number of aliphatic carboxylic acids is 1. The van der Waals surface area contributed by atoms with Crippen molar-refractivity contribution in [2.75, 3.05) is 5.32 Å². The van der Waals surface area contributed by atoms with Crippen LogP contribution in [0.5, 0.6) is 0 Å². The van der Waals surface area contributed by atoms with Crippen LogP contribution in [0.15, 0.2) is 18.2 Å². The van der Waals surface area contributed by atoms with Crippen molar-refractivity contribution in [1.29, 1.82) is 0 Å². The van der Waals surface area contributed by atoms with Crippen LogP contribution in [0, 0.1) is 12.8 Å². The van der Waals surface area contributed by atoms with Gasteiger partial charge in [0.15, 0.2) is 0 Å². The Labute approximate surface area is 111 Å². The van der Waals surface area contributed by atoms with Crippen LogP contribution in [0.1, 0.15) is 35.2 Å². The van der Waals surface area contributed by atoms with E-state index in [1.54, 1.807) is 12.1 Å². The first-order chi connectivity index (χ1) is 8.99. The quantitative estimate of drug-likeness (QED) is 0.770. The van der Waals surface area contributed by atoms with Gasteiger partial charge in [-0.15, -0.1) is 0 Å². The molecule has 5 nitrogen and oxygen atoms in total. The fraction of sp³-hybridized carbons (Fsp3) is 0.429. The highest BCUT2D eigenvalue weighted by Crippen LogP contribution is 2.29. The summed E-state index contributed by atoms with van der Waals surface area (Å²) < 4.78 is 0. The predicted molar refractivity (Wildman–Crippen MR) is 72.1 cm³/mol. The molecule has 1 aromatic rings. The summed E-state index contributed by atoms with van der Waals surface area (Å²) in [5.74, 6) is -1.54. The highest BCUT2D eigenvalue weighted by molar-refractivity contribution is 5.94. The van der Waals surface area contributed by atoms with Crippen molar-refractivity contribution >= 4 is 17.6 Å². The number of hydrogen-bond donors (Lipinski definition) is 3. The first kappa shape index (κ1) is 13.4. The van der Waals surface area contributed by atoms with E-state index in [4.69, 9.17) is 10.8 Å². The average molecular weight is 262 g/mol. The maximum absolute atomic E-state index is 11.1. The Morgan fingerprint density at radius 2 is 2.11 bits per heavy atom. The number of amides is 1. The van der Waals surface area contributed by atoms with Crippen molar-refractivity contribution < 1.29 is 14.7 Å². The van der Waals surface area contributed by atoms with Crippen LogP contribution in [0.3, 0.4) is 0 Å². The van der Waals surface area contributed by atoms with Crippen LogP contribution in [-0.4, -0.2) is 23.0 Å². The second-order valence-electron chi connectivity index (χ2n) is 5.02. The minimum Gasteiger partial charge on any atom is -0.481 e. The highest BCUT2D eigenvalue weighted by Gasteiger charge is 2.32. The number of primary amides is 1. The molecular formula is C14H18N2O3. The van der Waals surface area contributed by atoms with Gasteiger partial charge in [-0.2, -0.15) is 0 Å². The van der Waals surface area contributed by atoms with Gasteiger partial charge in [-0.25, -0.2) is 0 Å². The Morgan fingerprint density at radius 1 is 1.37 bits per heavy atom. The van der Waals surface area contributed by atoms with Crippen molar-refractivity contribution in [3.8, 4) is 0 Å². The van der Waals surface area contributed by atoms with Gasteiger partial charge in [0.25, 0.3) is 0 Å². The zero-order valence-corrected chi connectivity index (χ0v) is 10.8. The molecule has 1 aliphatic rings. The molecule has 0 radical (unpaired) electrons. The maximum Gasteiger partial charge on any atom is 0.308 e. The maximum atomic E-state index is 11.1. The second kappa shape index (κ2) is 5.30. The predicted octanol–water partition coefficient (Wildman–Crippen LogP) is 1.76. The van der Waals surface area contributed by atoms with Gasteiger partial charge in [-0.3, -0.25) is 9.59 Å². The minimum atomic E-state index is -0.750. The number of rotatable bonds is 4. The topological polar surface area (TPSA) is 92.4 Å². The van der Waals surface area contributed by atoms with Gasteiger partial charge in [-0.1, -0.05) is 6.42 Å². The molecule has 2 rings (SSSR count). The number of carboxylic acids is 1. The van der Waals surface area contributed by atoms with Crippen molar-refractivity contribution in [2.24, 2.45) is 11.7 Å². The van der Waals surface area contributed by atoms with Gasteiger partial charge in [-0.05, 0) is 43.5 Å². The number of carboxylic acid groups (broad SMARTS) is 1. The lowest BCUT2D eigenvalue weighted by molar-refractivity contribution is -0.141. The summed E-state index contributed by atoms with van der Waals surface area (Å²) in [6.07, 6.45) is 2.49. The number of carbonyl (C=O) groups is 2. The van der Waals surface area contributed by atoms with E-state index in [9.17, 15) is 9.59 Å². The highest BCUT2D eigenvalue weighted by atomic mass is 16.4. The number of nitrogens with two attached hydrogens (primary N) is 1. The van der Waals surface area contributed by atoms with E-state index in [0.717, 1.165) is 24.1 Å². The smallest absolute Gasteiger partial charge is 0.308 e. The lowest BCUT2D eigenvalue weighted by Gasteiger charge is -2.19. The Balaban J connectivity index is 2.13. The molecule has 19 heavy (non-hydrogen) atoms. The fourth-order valence-corrected chi connectivity index (χ4v) is 2.67. The number of carbonyl (C=O) groups excluding carboxylic acids is 1. The second-order valence-corrected chi connectivity index (χ2v) is 5.02. The van der Waals surface area contributed by atoms with Crippen LogP contribution in [0.25, 0.3) is 0 Å². The summed E-state index contributed by atoms with van der Waals surface area (Å²) in [5.41, 5.74) is 7.37. The summed E-state index contributed by atoms with van der Waals surface area (Å²) >= 11 is 0. The van der Waals surface area contributed by atoms with Gasteiger partial charge >= 0.3 is 5.97 Å². The van der Waals surface area contributed by atoms with Gasteiger partial charge < -0.3 is 16.2 Å². The van der Waals surface area contributed by atoms with E-state index in [-0.39, 0.29) is 12.0 Å². The molecule has 0 aromatic heterocycles. The third-order valence-electron chi connectivity index (χ3n) is 3.68. The van der Waals surface area contributed by atoms with Gasteiger partial charge in [0.1, 0.15) is 0 Å². The van der Waals surface area contributed by atoms with Crippen molar-refractivity contribution in [1.82, 2.24) is 0 Å². The molecule has 5 heteroatoms. The zero-order valence-electron chi connectivity index (χ0n) is 10.8. The molecule has 2 atom stereocenters. The van der Waals surface area contributed by atoms with E-state index >= 15 is 0 Å². The fourth-order valence-electron chi connectivity index (χ4n) is 2.67. The molecule has 0 spiro atoms. The average Bonchev–Trinajstić information content (AvgIpc) is 2.76. The van der Waals surface area contributed by atoms with Crippen LogP contribution in [-0.2, 0) is 4.79 Å². The molecule has 1 saturated carbocycles. The molecule has 1 aromatic carbocycles. The molecule has 1 fully saturated rings. The molecule has 1 amide bonds. The summed E-state index contributed by atoms with van der Waals surface area (Å²) in [7, 11) is 0. The largest absolute Gasteiger partial charge is 0.481 e. The third kappa shape index (κ3) is 2.86. The zero-order chi connectivity index (χ0) is 14.0. The SMILES string of the molecule is Cc1cc(NC2CCCC2C(=O)O)ccc1C(N)=O. The van der Waals surface area contributed by atoms with Crippen LogP contribution in [0.2, 0.25) is 0 Å². The standard InChI is InChI=1S/C14H18N2O3/c1-8-7-9(5-6-10(8)13(15)17)16-12-4-2-3-11(12)14(18)19/h5-7,11-12,16H,2-4H2,1H3,(H2,15,17)(H,18,19). The number of benzene rings is 1. The monoisotopic (exact) mass is 262 g/mol. The third-order valence-corrected chi connectivity index (χ3v) is 3.68. The van der Waals surface area contributed by atoms with Crippen molar-refractivity contribution in [3.63, 3.8) is 0 Å². The molecule has 1 aliphatic carbocycles. The van der Waals surface area contributed by atoms with Gasteiger partial charge in [0.05, 0.1) is 5.92 Å². The molecule has 0 bridgehead atoms. The number of hydrogen-bond acceptors (Lipinski definition) is 3. The van der Waals surface area contributed by atoms with Crippen molar-refractivity contribution in [2.45, 2.75) is 32.2 Å². The van der Waals surface area contributed by atoms with Crippen LogP contribution in [0.4, 0.5) is 5.69 Å². The van der Waals surface area contributed by atoms with E-state index in [1.165, 1.54) is 0 Å². The molecular weight excluding hydrogens is 244 g/mol. The van der Waals surface area contributed by atoms with E-state index in [0.29, 0.717) is 12.0 Å². The summed E-state index contributed by atoms with van der Waals surface area (Å²) in [5, 5.41) is 12.4. The van der Waals surface area contributed by atoms with Crippen molar-refractivity contribution in [3.05, 3.63) is 29.3 Å². The summed E-state index contributed by atoms with van der Waals surface area (Å²) in [4.78, 5) is 22.3. The summed E-state index contributed by atoms with van der Waals surface area (Å²) in [6.45, 7) is 1.81. The normalized spacial score (nSPS) is 22.2. The molecule has 0 aliphatic heterocycles. The van der Waals surface area contributed by atoms with Gasteiger partial charge in [0.2, 0.25) is 5.91 Å². The van der Waals surface area contributed by atoms with Crippen LogP contribution >= 0.6 is 0 Å². The van der Waals surface area contributed by atoms with E-state index < -0.39 is 11.9 Å². The number of anilines is 1. The number of nitrogens with one attached hydrogen (secondary N) is 1. The minimum absolute atomic E-state index is 0.0451. The first-order valence-corrected chi connectivity index (χ1v) is 6.39.